The number of nitrogens with one attached hydrogen (secondary N) is 1. The fourth-order valence-electron chi connectivity index (χ4n) is 1.63. The van der Waals surface area contributed by atoms with E-state index in [-0.39, 0.29) is 18.2 Å². The van der Waals surface area contributed by atoms with E-state index in [1.807, 2.05) is 30.3 Å². The Morgan fingerprint density at radius 1 is 0.944 bits per heavy atom. The Morgan fingerprint density at radius 2 is 1.67 bits per heavy atom. The summed E-state index contributed by atoms with van der Waals surface area (Å²) in [6, 6.07) is 14.7. The van der Waals surface area contributed by atoms with E-state index in [4.69, 9.17) is 11.6 Å². The molecule has 0 fully saturated rings. The quantitative estimate of drug-likeness (QED) is 0.888. The number of rotatable bonds is 4. The second kappa shape index (κ2) is 7.37. The van der Waals surface area contributed by atoms with Gasteiger partial charge in [0.15, 0.2) is 0 Å². The van der Waals surface area contributed by atoms with Crippen molar-refractivity contribution in [1.29, 1.82) is 0 Å². The van der Waals surface area contributed by atoms with Crippen LogP contribution in [0.4, 0.5) is 4.39 Å². The van der Waals surface area contributed by atoms with Crippen molar-refractivity contribution in [3.05, 3.63) is 70.5 Å². The smallest absolute Gasteiger partial charge is 0.129 e. The summed E-state index contributed by atoms with van der Waals surface area (Å²) in [7, 11) is 0. The SMILES string of the molecule is Cl.Fc1cccc(Cl)c1CNCc1ccccc1. The van der Waals surface area contributed by atoms with Gasteiger partial charge in [0, 0.05) is 23.7 Å². The molecular weight excluding hydrogens is 272 g/mol. The molecule has 2 aromatic rings. The zero-order valence-electron chi connectivity index (χ0n) is 9.70. The van der Waals surface area contributed by atoms with Gasteiger partial charge in [-0.2, -0.15) is 0 Å². The van der Waals surface area contributed by atoms with Crippen molar-refractivity contribution in [2.45, 2.75) is 13.1 Å². The standard InChI is InChI=1S/C14H13ClFN.ClH/c15-13-7-4-8-14(16)12(13)10-17-9-11-5-2-1-3-6-11;/h1-8,17H,9-10H2;1H. The molecule has 96 valence electrons. The van der Waals surface area contributed by atoms with Gasteiger partial charge in [-0.15, -0.1) is 12.4 Å². The Hall–Kier alpha value is -1.09. The number of halogens is 3. The van der Waals surface area contributed by atoms with Crippen LogP contribution in [0.5, 0.6) is 0 Å². The summed E-state index contributed by atoms with van der Waals surface area (Å²) in [5, 5.41) is 3.64. The molecule has 0 saturated heterocycles. The maximum Gasteiger partial charge on any atom is 0.129 e. The molecule has 0 amide bonds. The first-order chi connectivity index (χ1) is 8.27. The van der Waals surface area contributed by atoms with E-state index < -0.39 is 0 Å². The topological polar surface area (TPSA) is 12.0 Å². The fourth-order valence-corrected chi connectivity index (χ4v) is 1.86. The van der Waals surface area contributed by atoms with Crippen molar-refractivity contribution in [3.63, 3.8) is 0 Å². The highest BCUT2D eigenvalue weighted by Gasteiger charge is 2.05. The molecule has 0 heterocycles. The lowest BCUT2D eigenvalue weighted by atomic mass is 10.2. The zero-order valence-corrected chi connectivity index (χ0v) is 11.3. The molecule has 0 aliphatic rings. The third-order valence-corrected chi connectivity index (χ3v) is 2.89. The highest BCUT2D eigenvalue weighted by molar-refractivity contribution is 6.31. The van der Waals surface area contributed by atoms with Gasteiger partial charge in [-0.1, -0.05) is 48.0 Å². The van der Waals surface area contributed by atoms with Crippen LogP contribution >= 0.6 is 24.0 Å². The number of hydrogen-bond donors (Lipinski definition) is 1. The van der Waals surface area contributed by atoms with Crippen LogP contribution in [-0.4, -0.2) is 0 Å². The summed E-state index contributed by atoms with van der Waals surface area (Å²) >= 11 is 5.93. The van der Waals surface area contributed by atoms with Crippen molar-refractivity contribution in [2.75, 3.05) is 0 Å². The molecule has 2 aromatic carbocycles. The Morgan fingerprint density at radius 3 is 2.33 bits per heavy atom. The maximum atomic E-state index is 13.5. The van der Waals surface area contributed by atoms with Gasteiger partial charge in [0.25, 0.3) is 0 Å². The Balaban J connectivity index is 0.00000162. The molecule has 2 rings (SSSR count). The monoisotopic (exact) mass is 285 g/mol. The molecular formula is C14H14Cl2FN. The molecule has 4 heteroatoms. The highest BCUT2D eigenvalue weighted by atomic mass is 35.5. The molecule has 0 spiro atoms. The van der Waals surface area contributed by atoms with Gasteiger partial charge in [-0.3, -0.25) is 0 Å². The second-order valence-electron chi connectivity index (χ2n) is 3.79. The number of benzene rings is 2. The lowest BCUT2D eigenvalue weighted by Gasteiger charge is -2.07. The lowest BCUT2D eigenvalue weighted by Crippen LogP contribution is -2.14. The van der Waals surface area contributed by atoms with E-state index in [9.17, 15) is 4.39 Å². The molecule has 0 atom stereocenters. The van der Waals surface area contributed by atoms with E-state index in [1.54, 1.807) is 12.1 Å². The van der Waals surface area contributed by atoms with Gasteiger partial charge in [-0.05, 0) is 17.7 Å². The molecule has 0 unspecified atom stereocenters. The first-order valence-electron chi connectivity index (χ1n) is 5.45. The number of hydrogen-bond acceptors (Lipinski definition) is 1. The van der Waals surface area contributed by atoms with Crippen LogP contribution in [0.15, 0.2) is 48.5 Å². The van der Waals surface area contributed by atoms with E-state index in [1.165, 1.54) is 11.6 Å². The fraction of sp³-hybridized carbons (Fsp3) is 0.143. The molecule has 1 nitrogen and oxygen atoms in total. The average Bonchev–Trinajstić information content (AvgIpc) is 2.34. The van der Waals surface area contributed by atoms with E-state index in [2.05, 4.69) is 5.32 Å². The molecule has 18 heavy (non-hydrogen) atoms. The summed E-state index contributed by atoms with van der Waals surface area (Å²) in [6.07, 6.45) is 0. The van der Waals surface area contributed by atoms with E-state index in [0.717, 1.165) is 0 Å². The summed E-state index contributed by atoms with van der Waals surface area (Å²) in [4.78, 5) is 0. The van der Waals surface area contributed by atoms with Crippen molar-refractivity contribution in [1.82, 2.24) is 5.32 Å². The van der Waals surface area contributed by atoms with Gasteiger partial charge < -0.3 is 5.32 Å². The Labute approximate surface area is 117 Å². The normalized spacial score (nSPS) is 9.89. The van der Waals surface area contributed by atoms with Crippen LogP contribution < -0.4 is 5.32 Å². The van der Waals surface area contributed by atoms with Crippen LogP contribution in [0, 0.1) is 5.82 Å². The molecule has 0 aromatic heterocycles. The van der Waals surface area contributed by atoms with Crippen LogP contribution in [0.3, 0.4) is 0 Å². The first kappa shape index (κ1) is 15.0. The summed E-state index contributed by atoms with van der Waals surface area (Å²) < 4.78 is 13.5. The van der Waals surface area contributed by atoms with Gasteiger partial charge in [0.05, 0.1) is 0 Å². The minimum absolute atomic E-state index is 0. The molecule has 0 aliphatic heterocycles. The molecule has 0 saturated carbocycles. The molecule has 0 bridgehead atoms. The van der Waals surface area contributed by atoms with E-state index in [0.29, 0.717) is 23.7 Å². The zero-order chi connectivity index (χ0) is 12.1. The minimum Gasteiger partial charge on any atom is -0.308 e. The summed E-state index contributed by atoms with van der Waals surface area (Å²) in [6.45, 7) is 1.13. The van der Waals surface area contributed by atoms with Crippen molar-refractivity contribution < 1.29 is 4.39 Å². The third-order valence-electron chi connectivity index (χ3n) is 2.54. The second-order valence-corrected chi connectivity index (χ2v) is 4.20. The third kappa shape index (κ3) is 3.98. The minimum atomic E-state index is -0.266. The summed E-state index contributed by atoms with van der Waals surface area (Å²) in [5.74, 6) is -0.266. The van der Waals surface area contributed by atoms with Gasteiger partial charge in [-0.25, -0.2) is 4.39 Å². The first-order valence-corrected chi connectivity index (χ1v) is 5.82. The van der Waals surface area contributed by atoms with Gasteiger partial charge in [0.2, 0.25) is 0 Å². The lowest BCUT2D eigenvalue weighted by molar-refractivity contribution is 0.588. The van der Waals surface area contributed by atoms with Crippen molar-refractivity contribution >= 4 is 24.0 Å². The van der Waals surface area contributed by atoms with Crippen LogP contribution in [0.2, 0.25) is 5.02 Å². The molecule has 0 radical (unpaired) electrons. The molecule has 1 N–H and O–H groups in total. The predicted octanol–water partition coefficient (Wildman–Crippen LogP) is 4.19. The molecule has 0 aliphatic carbocycles. The van der Waals surface area contributed by atoms with Crippen molar-refractivity contribution in [2.24, 2.45) is 0 Å². The van der Waals surface area contributed by atoms with Crippen LogP contribution in [0.1, 0.15) is 11.1 Å². The summed E-state index contributed by atoms with van der Waals surface area (Å²) in [5.41, 5.74) is 1.69. The predicted molar refractivity (Wildman–Crippen MR) is 75.6 cm³/mol. The largest absolute Gasteiger partial charge is 0.308 e. The van der Waals surface area contributed by atoms with Crippen LogP contribution in [-0.2, 0) is 13.1 Å². The maximum absolute atomic E-state index is 13.5. The highest BCUT2D eigenvalue weighted by Crippen LogP contribution is 2.18. The van der Waals surface area contributed by atoms with Crippen LogP contribution in [0.25, 0.3) is 0 Å². The van der Waals surface area contributed by atoms with Crippen molar-refractivity contribution in [3.8, 4) is 0 Å². The van der Waals surface area contributed by atoms with Gasteiger partial charge >= 0.3 is 0 Å². The Kier molecular flexibility index (Phi) is 6.13. The van der Waals surface area contributed by atoms with Gasteiger partial charge in [0.1, 0.15) is 5.82 Å². The Bertz CT molecular complexity index is 468. The van der Waals surface area contributed by atoms with E-state index >= 15 is 0 Å². The average molecular weight is 286 g/mol.